The molecule has 16 heavy (non-hydrogen) atoms. The van der Waals surface area contributed by atoms with Crippen LogP contribution in [0.15, 0.2) is 18.2 Å². The normalized spacial score (nSPS) is 20.2. The molecule has 1 aliphatic heterocycles. The number of hydrogen-bond acceptors (Lipinski definition) is 1. The van der Waals surface area contributed by atoms with Crippen molar-refractivity contribution in [3.63, 3.8) is 0 Å². The summed E-state index contributed by atoms with van der Waals surface area (Å²) in [5.41, 5.74) is 0.375. The molecule has 1 heterocycles. The molecule has 0 bridgehead atoms. The van der Waals surface area contributed by atoms with Gasteiger partial charge in [0, 0.05) is 13.1 Å². The Morgan fingerprint density at radius 1 is 1.38 bits per heavy atom. The maximum atomic E-state index is 12.1. The molecule has 0 aliphatic carbocycles. The van der Waals surface area contributed by atoms with E-state index in [9.17, 15) is 4.79 Å². The van der Waals surface area contributed by atoms with Gasteiger partial charge >= 0.3 is 0 Å². The third-order valence-corrected chi connectivity index (χ3v) is 3.32. The van der Waals surface area contributed by atoms with Gasteiger partial charge < -0.3 is 4.90 Å². The molecule has 1 saturated heterocycles. The molecular weight excluding hydrogens is 245 g/mol. The van der Waals surface area contributed by atoms with Gasteiger partial charge in [0.05, 0.1) is 15.6 Å². The molecule has 1 fully saturated rings. The number of nitrogens with zero attached hydrogens (tertiary/aromatic N) is 1. The standard InChI is InChI=1S/C12H11Cl2NO/c1-8-5-6-15(7-8)12(16)11-9(13)3-2-4-10(11)14/h1-4,8H,5-7H2. The Morgan fingerprint density at radius 2 is 2.00 bits per heavy atom. The van der Waals surface area contributed by atoms with Crippen molar-refractivity contribution in [1.29, 1.82) is 0 Å². The number of likely N-dealkylation sites (tertiary alicyclic amines) is 1. The largest absolute Gasteiger partial charge is 0.338 e. The van der Waals surface area contributed by atoms with Gasteiger partial charge in [0.25, 0.3) is 5.91 Å². The second-order valence-electron chi connectivity index (χ2n) is 3.90. The van der Waals surface area contributed by atoms with Crippen LogP contribution in [0.4, 0.5) is 0 Å². The van der Waals surface area contributed by atoms with Gasteiger partial charge in [-0.1, -0.05) is 29.3 Å². The average molecular weight is 256 g/mol. The lowest BCUT2D eigenvalue weighted by atomic mass is 10.2. The summed E-state index contributed by atoms with van der Waals surface area (Å²) in [6.45, 7) is 7.00. The number of benzene rings is 1. The van der Waals surface area contributed by atoms with Crippen LogP contribution >= 0.6 is 23.2 Å². The summed E-state index contributed by atoms with van der Waals surface area (Å²) < 4.78 is 0. The van der Waals surface area contributed by atoms with Crippen molar-refractivity contribution >= 4 is 29.1 Å². The zero-order valence-corrected chi connectivity index (χ0v) is 10.1. The van der Waals surface area contributed by atoms with Crippen LogP contribution in [0.25, 0.3) is 0 Å². The molecule has 2 rings (SSSR count). The summed E-state index contributed by atoms with van der Waals surface area (Å²) >= 11 is 12.0. The summed E-state index contributed by atoms with van der Waals surface area (Å²) in [5, 5.41) is 0.774. The smallest absolute Gasteiger partial charge is 0.256 e. The number of carbonyl (C=O) groups excluding carboxylic acids is 1. The van der Waals surface area contributed by atoms with E-state index in [2.05, 4.69) is 0 Å². The molecule has 0 N–H and O–H groups in total. The first-order valence-electron chi connectivity index (χ1n) is 5.08. The number of amides is 1. The molecular formula is C12H11Cl2NO. The fraction of sp³-hybridized carbons (Fsp3) is 0.333. The van der Waals surface area contributed by atoms with Crippen molar-refractivity contribution < 1.29 is 4.79 Å². The van der Waals surface area contributed by atoms with Crippen LogP contribution in [0, 0.1) is 12.8 Å². The predicted octanol–water partition coefficient (Wildman–Crippen LogP) is 3.17. The molecule has 2 radical (unpaired) electrons. The molecule has 0 aromatic heterocycles. The summed E-state index contributed by atoms with van der Waals surface area (Å²) in [6.07, 6.45) is 0.827. The molecule has 1 amide bonds. The van der Waals surface area contributed by atoms with Crippen molar-refractivity contribution in [3.8, 4) is 0 Å². The van der Waals surface area contributed by atoms with Crippen LogP contribution in [-0.4, -0.2) is 23.9 Å². The van der Waals surface area contributed by atoms with E-state index < -0.39 is 0 Å². The Kier molecular flexibility index (Phi) is 3.41. The quantitative estimate of drug-likeness (QED) is 0.755. The minimum atomic E-state index is -0.136. The van der Waals surface area contributed by atoms with Crippen LogP contribution in [0.5, 0.6) is 0 Å². The summed E-state index contributed by atoms with van der Waals surface area (Å²) in [4.78, 5) is 13.8. The zero-order chi connectivity index (χ0) is 11.7. The summed E-state index contributed by atoms with van der Waals surface area (Å²) in [5.74, 6) is -0.0752. The first kappa shape index (κ1) is 11.7. The van der Waals surface area contributed by atoms with E-state index in [-0.39, 0.29) is 11.8 Å². The maximum absolute atomic E-state index is 12.1. The van der Waals surface area contributed by atoms with Crippen LogP contribution in [0.2, 0.25) is 10.0 Å². The second kappa shape index (κ2) is 4.64. The fourth-order valence-electron chi connectivity index (χ4n) is 1.83. The predicted molar refractivity (Wildman–Crippen MR) is 64.8 cm³/mol. The molecule has 0 saturated carbocycles. The maximum Gasteiger partial charge on any atom is 0.256 e. The Morgan fingerprint density at radius 3 is 2.50 bits per heavy atom. The molecule has 0 spiro atoms. The van der Waals surface area contributed by atoms with Crippen LogP contribution < -0.4 is 0 Å². The molecule has 1 aromatic rings. The van der Waals surface area contributed by atoms with E-state index in [1.807, 2.05) is 0 Å². The van der Waals surface area contributed by atoms with Crippen molar-refractivity contribution in [2.75, 3.05) is 13.1 Å². The van der Waals surface area contributed by atoms with Gasteiger partial charge in [-0.3, -0.25) is 4.79 Å². The summed E-state index contributed by atoms with van der Waals surface area (Å²) in [6, 6.07) is 5.05. The number of carbonyl (C=O) groups is 1. The third-order valence-electron chi connectivity index (χ3n) is 2.69. The van der Waals surface area contributed by atoms with Gasteiger partial charge in [0.2, 0.25) is 0 Å². The highest BCUT2D eigenvalue weighted by Crippen LogP contribution is 2.27. The molecule has 2 nitrogen and oxygen atoms in total. The fourth-order valence-corrected chi connectivity index (χ4v) is 2.39. The van der Waals surface area contributed by atoms with E-state index in [1.54, 1.807) is 23.1 Å². The van der Waals surface area contributed by atoms with Gasteiger partial charge in [-0.05, 0) is 31.4 Å². The molecule has 1 atom stereocenters. The topological polar surface area (TPSA) is 20.3 Å². The third kappa shape index (κ3) is 2.18. The second-order valence-corrected chi connectivity index (χ2v) is 4.71. The highest BCUT2D eigenvalue weighted by atomic mass is 35.5. The molecule has 1 aliphatic rings. The Labute approximate surface area is 105 Å². The Hall–Kier alpha value is -0.730. The van der Waals surface area contributed by atoms with Crippen molar-refractivity contribution in [2.45, 2.75) is 6.42 Å². The van der Waals surface area contributed by atoms with Gasteiger partial charge in [0.15, 0.2) is 0 Å². The number of hydrogen-bond donors (Lipinski definition) is 0. The van der Waals surface area contributed by atoms with E-state index >= 15 is 0 Å². The first-order valence-corrected chi connectivity index (χ1v) is 5.84. The average Bonchev–Trinajstić information content (AvgIpc) is 2.64. The lowest BCUT2D eigenvalue weighted by Crippen LogP contribution is -2.28. The number of halogens is 2. The van der Waals surface area contributed by atoms with Crippen LogP contribution in [-0.2, 0) is 0 Å². The lowest BCUT2D eigenvalue weighted by Gasteiger charge is -2.17. The van der Waals surface area contributed by atoms with Crippen molar-refractivity contribution in [1.82, 2.24) is 4.90 Å². The van der Waals surface area contributed by atoms with E-state index in [1.165, 1.54) is 0 Å². The van der Waals surface area contributed by atoms with Gasteiger partial charge in [-0.2, -0.15) is 0 Å². The molecule has 1 unspecified atom stereocenters. The van der Waals surface area contributed by atoms with E-state index in [0.29, 0.717) is 28.7 Å². The lowest BCUT2D eigenvalue weighted by molar-refractivity contribution is 0.0789. The highest BCUT2D eigenvalue weighted by molar-refractivity contribution is 6.39. The molecule has 4 heteroatoms. The first-order chi connectivity index (χ1) is 7.59. The van der Waals surface area contributed by atoms with Gasteiger partial charge in [-0.15, -0.1) is 0 Å². The monoisotopic (exact) mass is 255 g/mol. The van der Waals surface area contributed by atoms with Gasteiger partial charge in [-0.25, -0.2) is 0 Å². The van der Waals surface area contributed by atoms with E-state index in [4.69, 9.17) is 30.1 Å². The zero-order valence-electron chi connectivity index (χ0n) is 8.62. The molecule has 84 valence electrons. The SMILES string of the molecule is [CH]C1CCN(C(=O)c2c(Cl)cccc2Cl)C1. The minimum absolute atomic E-state index is 0.0604. The highest BCUT2D eigenvalue weighted by Gasteiger charge is 2.26. The summed E-state index contributed by atoms with van der Waals surface area (Å²) in [7, 11) is 0. The van der Waals surface area contributed by atoms with Gasteiger partial charge in [0.1, 0.15) is 0 Å². The van der Waals surface area contributed by atoms with Crippen molar-refractivity contribution in [2.24, 2.45) is 5.92 Å². The Bertz CT molecular complexity index is 399. The molecule has 1 aromatic carbocycles. The Balaban J connectivity index is 2.27. The minimum Gasteiger partial charge on any atom is -0.338 e. The van der Waals surface area contributed by atoms with Crippen LogP contribution in [0.1, 0.15) is 16.8 Å². The van der Waals surface area contributed by atoms with E-state index in [0.717, 1.165) is 6.42 Å². The van der Waals surface area contributed by atoms with Crippen LogP contribution in [0.3, 0.4) is 0 Å². The number of rotatable bonds is 1. The van der Waals surface area contributed by atoms with Crippen molar-refractivity contribution in [3.05, 3.63) is 40.7 Å².